The van der Waals surface area contributed by atoms with E-state index in [0.29, 0.717) is 36.0 Å². The van der Waals surface area contributed by atoms with E-state index < -0.39 is 5.56 Å². The second kappa shape index (κ2) is 12.1. The Bertz CT molecular complexity index is 1760. The third kappa shape index (κ3) is 5.68. The van der Waals surface area contributed by atoms with Crippen LogP contribution in [0.1, 0.15) is 0 Å². The first-order chi connectivity index (χ1) is 20.4. The minimum atomic E-state index is -0.453. The van der Waals surface area contributed by atoms with Crippen LogP contribution in [-0.4, -0.2) is 81.4 Å². The fraction of sp³-hybridized carbons (Fsp3) is 0.276. The van der Waals surface area contributed by atoms with Crippen LogP contribution in [0.2, 0.25) is 10.0 Å². The van der Waals surface area contributed by atoms with Gasteiger partial charge in [0, 0.05) is 57.1 Å². The SMILES string of the molecule is COCCn1ccc(-c2nn(-c3c(Cl)cccc3Cl)c(=O)c3cnc(Nc4ccc(N5CCN(C)CC5)cc4)nc23)n1. The van der Waals surface area contributed by atoms with Crippen LogP contribution in [0, 0.1) is 0 Å². The average Bonchev–Trinajstić information content (AvgIpc) is 3.47. The maximum Gasteiger partial charge on any atom is 0.282 e. The lowest BCUT2D eigenvalue weighted by Gasteiger charge is -2.34. The number of nitrogens with zero attached hydrogens (tertiary/aromatic N) is 8. The van der Waals surface area contributed by atoms with Crippen molar-refractivity contribution in [2.24, 2.45) is 0 Å². The molecule has 0 radical (unpaired) electrons. The molecule has 3 aromatic heterocycles. The minimum Gasteiger partial charge on any atom is -0.383 e. The van der Waals surface area contributed by atoms with E-state index in [1.165, 1.54) is 16.6 Å². The van der Waals surface area contributed by atoms with Gasteiger partial charge in [-0.1, -0.05) is 29.3 Å². The summed E-state index contributed by atoms with van der Waals surface area (Å²) in [4.78, 5) is 27.6. The summed E-state index contributed by atoms with van der Waals surface area (Å²) in [6, 6.07) is 15.0. The molecule has 1 N–H and O–H groups in total. The summed E-state index contributed by atoms with van der Waals surface area (Å²) in [5.41, 5.74) is 3.06. The quantitative estimate of drug-likeness (QED) is 0.274. The highest BCUT2D eigenvalue weighted by molar-refractivity contribution is 6.37. The first-order valence-electron chi connectivity index (χ1n) is 13.5. The molecular formula is C29H29Cl2N9O2. The van der Waals surface area contributed by atoms with E-state index in [4.69, 9.17) is 32.9 Å². The van der Waals surface area contributed by atoms with Gasteiger partial charge in [-0.25, -0.2) is 9.97 Å². The molecule has 0 unspecified atom stereocenters. The van der Waals surface area contributed by atoms with Crippen LogP contribution < -0.4 is 15.8 Å². The predicted octanol–water partition coefficient (Wildman–Crippen LogP) is 4.49. The lowest BCUT2D eigenvalue weighted by Crippen LogP contribution is -2.44. The Morgan fingerprint density at radius 2 is 1.71 bits per heavy atom. The summed E-state index contributed by atoms with van der Waals surface area (Å²) in [5, 5.41) is 13.4. The van der Waals surface area contributed by atoms with E-state index in [-0.39, 0.29) is 21.1 Å². The Labute approximate surface area is 252 Å². The number of para-hydroxylation sites is 1. The number of piperazine rings is 1. The molecular weight excluding hydrogens is 577 g/mol. The summed E-state index contributed by atoms with van der Waals surface area (Å²) in [6.45, 7) is 5.10. The normalized spacial score (nSPS) is 14.0. The van der Waals surface area contributed by atoms with Crippen molar-refractivity contribution in [3.8, 4) is 17.1 Å². The van der Waals surface area contributed by atoms with E-state index in [9.17, 15) is 4.79 Å². The maximum atomic E-state index is 13.7. The average molecular weight is 607 g/mol. The standard InChI is InChI=1S/C29H29Cl2N9O2/c1-37-12-14-38(15-13-37)20-8-6-19(7-9-20)33-29-32-18-21-25(34-29)26(24-10-11-39(35-24)16-17-42-2)36-40(28(21)41)27-22(30)4-3-5-23(27)31/h3-11,18H,12-17H2,1-2H3,(H,32,33,34). The van der Waals surface area contributed by atoms with Crippen LogP contribution in [0.3, 0.4) is 0 Å². The Kier molecular flexibility index (Phi) is 8.07. The number of hydrogen-bond acceptors (Lipinski definition) is 9. The molecule has 2 aromatic carbocycles. The van der Waals surface area contributed by atoms with Gasteiger partial charge in [-0.05, 0) is 49.5 Å². The maximum absolute atomic E-state index is 13.7. The number of rotatable bonds is 8. The van der Waals surface area contributed by atoms with E-state index in [1.54, 1.807) is 30.0 Å². The first-order valence-corrected chi connectivity index (χ1v) is 14.2. The highest BCUT2D eigenvalue weighted by atomic mass is 35.5. The number of methoxy groups -OCH3 is 1. The lowest BCUT2D eigenvalue weighted by molar-refractivity contribution is 0.183. The van der Waals surface area contributed by atoms with Crippen molar-refractivity contribution in [1.82, 2.24) is 34.4 Å². The van der Waals surface area contributed by atoms with Crippen molar-refractivity contribution in [1.29, 1.82) is 0 Å². The Balaban J connectivity index is 1.39. The molecule has 1 aliphatic rings. The molecule has 0 saturated carbocycles. The topological polar surface area (TPSA) is 106 Å². The number of ether oxygens (including phenoxy) is 1. The second-order valence-corrected chi connectivity index (χ2v) is 10.8. The Morgan fingerprint density at radius 1 is 0.976 bits per heavy atom. The smallest absolute Gasteiger partial charge is 0.282 e. The summed E-state index contributed by atoms with van der Waals surface area (Å²) in [6.07, 6.45) is 3.31. The molecule has 13 heteroatoms. The van der Waals surface area contributed by atoms with E-state index in [0.717, 1.165) is 31.9 Å². The van der Waals surface area contributed by atoms with Gasteiger partial charge in [0.15, 0.2) is 0 Å². The monoisotopic (exact) mass is 605 g/mol. The molecule has 216 valence electrons. The van der Waals surface area contributed by atoms with E-state index in [1.807, 2.05) is 24.4 Å². The number of anilines is 3. The van der Waals surface area contributed by atoms with Crippen molar-refractivity contribution in [2.45, 2.75) is 6.54 Å². The molecule has 0 bridgehead atoms. The van der Waals surface area contributed by atoms with E-state index in [2.05, 4.69) is 49.5 Å². The van der Waals surface area contributed by atoms with Gasteiger partial charge >= 0.3 is 0 Å². The summed E-state index contributed by atoms with van der Waals surface area (Å²) >= 11 is 12.9. The minimum absolute atomic E-state index is 0.249. The van der Waals surface area contributed by atoms with Gasteiger partial charge in [-0.15, -0.1) is 0 Å². The zero-order valence-corrected chi connectivity index (χ0v) is 24.7. The van der Waals surface area contributed by atoms with Crippen molar-refractivity contribution in [3.05, 3.63) is 81.3 Å². The molecule has 4 heterocycles. The van der Waals surface area contributed by atoms with Crippen molar-refractivity contribution in [3.63, 3.8) is 0 Å². The zero-order chi connectivity index (χ0) is 29.2. The second-order valence-electron chi connectivity index (χ2n) is 10.0. The predicted molar refractivity (Wildman–Crippen MR) is 165 cm³/mol. The fourth-order valence-electron chi connectivity index (χ4n) is 4.85. The molecule has 0 atom stereocenters. The number of nitrogens with one attached hydrogen (secondary N) is 1. The zero-order valence-electron chi connectivity index (χ0n) is 23.2. The number of benzene rings is 2. The van der Waals surface area contributed by atoms with Gasteiger partial charge < -0.3 is 19.9 Å². The number of fused-ring (bicyclic) bond motifs is 1. The van der Waals surface area contributed by atoms with Crippen LogP contribution in [0.25, 0.3) is 28.0 Å². The number of likely N-dealkylation sites (N-methyl/N-ethyl adjacent to an activating group) is 1. The molecule has 11 nitrogen and oxygen atoms in total. The van der Waals surface area contributed by atoms with E-state index >= 15 is 0 Å². The van der Waals surface area contributed by atoms with Crippen LogP contribution >= 0.6 is 23.2 Å². The van der Waals surface area contributed by atoms with Crippen LogP contribution in [-0.2, 0) is 11.3 Å². The molecule has 42 heavy (non-hydrogen) atoms. The highest BCUT2D eigenvalue weighted by Crippen LogP contribution is 2.30. The van der Waals surface area contributed by atoms with Gasteiger partial charge in [-0.3, -0.25) is 9.48 Å². The van der Waals surface area contributed by atoms with Crippen molar-refractivity contribution >= 4 is 51.4 Å². The molecule has 1 saturated heterocycles. The van der Waals surface area contributed by atoms with Crippen LogP contribution in [0.5, 0.6) is 0 Å². The van der Waals surface area contributed by atoms with Crippen molar-refractivity contribution < 1.29 is 4.74 Å². The molecule has 0 amide bonds. The lowest BCUT2D eigenvalue weighted by atomic mass is 10.2. The number of aromatic nitrogens is 6. The molecule has 0 aliphatic carbocycles. The van der Waals surface area contributed by atoms with Gasteiger partial charge in [0.05, 0.1) is 28.6 Å². The van der Waals surface area contributed by atoms with Gasteiger partial charge in [0.2, 0.25) is 5.95 Å². The summed E-state index contributed by atoms with van der Waals surface area (Å²) < 4.78 is 8.11. The Morgan fingerprint density at radius 3 is 2.43 bits per heavy atom. The molecule has 1 aliphatic heterocycles. The third-order valence-corrected chi connectivity index (χ3v) is 7.79. The first kappa shape index (κ1) is 28.1. The number of hydrogen-bond donors (Lipinski definition) is 1. The molecule has 6 rings (SSSR count). The third-order valence-electron chi connectivity index (χ3n) is 7.18. The van der Waals surface area contributed by atoms with Gasteiger partial charge in [0.25, 0.3) is 5.56 Å². The van der Waals surface area contributed by atoms with Crippen molar-refractivity contribution in [2.75, 3.05) is 57.2 Å². The van der Waals surface area contributed by atoms with Crippen LogP contribution in [0.4, 0.5) is 17.3 Å². The number of halogens is 2. The highest BCUT2D eigenvalue weighted by Gasteiger charge is 2.21. The summed E-state index contributed by atoms with van der Waals surface area (Å²) in [5.74, 6) is 0.324. The van der Waals surface area contributed by atoms with Crippen LogP contribution in [0.15, 0.2) is 65.7 Å². The largest absolute Gasteiger partial charge is 0.383 e. The fourth-order valence-corrected chi connectivity index (χ4v) is 5.41. The molecule has 0 spiro atoms. The van der Waals surface area contributed by atoms with Gasteiger partial charge in [0.1, 0.15) is 22.6 Å². The molecule has 5 aromatic rings. The molecule has 1 fully saturated rings. The summed E-state index contributed by atoms with van der Waals surface area (Å²) in [7, 11) is 3.78. The van der Waals surface area contributed by atoms with Gasteiger partial charge in [-0.2, -0.15) is 14.9 Å². The Hall–Kier alpha value is -4.03.